The Balaban J connectivity index is 2.53. The number of nitrogens with one attached hydrogen (secondary N) is 1. The summed E-state index contributed by atoms with van der Waals surface area (Å²) in [6, 6.07) is 1.37. The number of carboxylic acids is 1. The smallest absolute Gasteiger partial charge is 0.339 e. The van der Waals surface area contributed by atoms with E-state index in [4.69, 9.17) is 9.52 Å². The van der Waals surface area contributed by atoms with Gasteiger partial charge in [-0.15, -0.1) is 0 Å². The average Bonchev–Trinajstić information content (AvgIpc) is 2.68. The predicted molar refractivity (Wildman–Crippen MR) is 65.6 cm³/mol. The zero-order valence-electron chi connectivity index (χ0n) is 11.0. The van der Waals surface area contributed by atoms with Gasteiger partial charge >= 0.3 is 5.97 Å². The van der Waals surface area contributed by atoms with Gasteiger partial charge in [0.1, 0.15) is 17.1 Å². The molecule has 1 rings (SSSR count). The Hall–Kier alpha value is -2.31. The molecule has 19 heavy (non-hydrogen) atoms. The van der Waals surface area contributed by atoms with Crippen LogP contribution in [0.2, 0.25) is 0 Å². The van der Waals surface area contributed by atoms with Crippen molar-refractivity contribution < 1.29 is 23.9 Å². The largest absolute Gasteiger partial charge is 0.478 e. The summed E-state index contributed by atoms with van der Waals surface area (Å²) in [6.45, 7) is 2.93. The van der Waals surface area contributed by atoms with Crippen LogP contribution in [-0.2, 0) is 16.1 Å². The minimum Gasteiger partial charge on any atom is -0.478 e. The van der Waals surface area contributed by atoms with Crippen molar-refractivity contribution in [3.05, 3.63) is 23.2 Å². The number of aryl methyl sites for hydroxylation is 1. The highest BCUT2D eigenvalue weighted by Crippen LogP contribution is 2.14. The lowest BCUT2D eigenvalue weighted by Crippen LogP contribution is -2.36. The molecule has 0 saturated carbocycles. The zero-order chi connectivity index (χ0) is 14.6. The second-order valence-electron chi connectivity index (χ2n) is 4.14. The fourth-order valence-corrected chi connectivity index (χ4v) is 1.41. The van der Waals surface area contributed by atoms with Crippen molar-refractivity contribution in [3.8, 4) is 0 Å². The fraction of sp³-hybridized carbons (Fsp3) is 0.417. The van der Waals surface area contributed by atoms with Gasteiger partial charge in [0.25, 0.3) is 0 Å². The first kappa shape index (κ1) is 14.7. The molecule has 1 aromatic rings. The van der Waals surface area contributed by atoms with Gasteiger partial charge in [0, 0.05) is 14.0 Å². The van der Waals surface area contributed by atoms with Crippen molar-refractivity contribution in [2.75, 3.05) is 13.6 Å². The molecule has 0 aliphatic rings. The van der Waals surface area contributed by atoms with Crippen LogP contribution < -0.4 is 5.32 Å². The lowest BCUT2D eigenvalue weighted by molar-refractivity contribution is -0.133. The Bertz CT molecular complexity index is 506. The summed E-state index contributed by atoms with van der Waals surface area (Å²) in [7, 11) is 1.52. The van der Waals surface area contributed by atoms with Crippen LogP contribution in [0.5, 0.6) is 0 Å². The third-order valence-corrected chi connectivity index (χ3v) is 2.58. The first-order valence-corrected chi connectivity index (χ1v) is 5.62. The van der Waals surface area contributed by atoms with E-state index in [1.165, 1.54) is 31.9 Å². The van der Waals surface area contributed by atoms with E-state index in [1.54, 1.807) is 0 Å². The summed E-state index contributed by atoms with van der Waals surface area (Å²) in [5, 5.41) is 11.4. The summed E-state index contributed by atoms with van der Waals surface area (Å²) >= 11 is 0. The van der Waals surface area contributed by atoms with E-state index in [0.29, 0.717) is 5.76 Å². The van der Waals surface area contributed by atoms with Gasteiger partial charge in [-0.3, -0.25) is 9.59 Å². The maximum absolute atomic E-state index is 11.5. The predicted octanol–water partition coefficient (Wildman–Crippen LogP) is 0.381. The van der Waals surface area contributed by atoms with Gasteiger partial charge in [-0.1, -0.05) is 0 Å². The van der Waals surface area contributed by atoms with Crippen LogP contribution in [0.25, 0.3) is 0 Å². The molecule has 0 spiro atoms. The summed E-state index contributed by atoms with van der Waals surface area (Å²) in [5.41, 5.74) is 0.0742. The number of hydrogen-bond acceptors (Lipinski definition) is 4. The van der Waals surface area contributed by atoms with Gasteiger partial charge in [-0.2, -0.15) is 0 Å². The Morgan fingerprint density at radius 1 is 1.42 bits per heavy atom. The van der Waals surface area contributed by atoms with Crippen molar-refractivity contribution in [2.45, 2.75) is 20.4 Å². The summed E-state index contributed by atoms with van der Waals surface area (Å²) in [4.78, 5) is 34.5. The number of rotatable bonds is 5. The number of amides is 2. The average molecular weight is 268 g/mol. The molecule has 104 valence electrons. The van der Waals surface area contributed by atoms with Gasteiger partial charge in [-0.05, 0) is 13.0 Å². The third kappa shape index (κ3) is 4.13. The van der Waals surface area contributed by atoms with E-state index in [2.05, 4.69) is 5.32 Å². The quantitative estimate of drug-likeness (QED) is 0.804. The molecular weight excluding hydrogens is 252 g/mol. The Kier molecular flexibility index (Phi) is 4.68. The Morgan fingerprint density at radius 3 is 2.53 bits per heavy atom. The van der Waals surface area contributed by atoms with E-state index >= 15 is 0 Å². The number of nitrogens with zero attached hydrogens (tertiary/aromatic N) is 1. The highest BCUT2D eigenvalue weighted by molar-refractivity contribution is 5.89. The number of carbonyl (C=O) groups is 3. The number of hydrogen-bond donors (Lipinski definition) is 2. The second kappa shape index (κ2) is 6.03. The minimum absolute atomic E-state index is 0.0548. The van der Waals surface area contributed by atoms with E-state index in [-0.39, 0.29) is 36.2 Å². The van der Waals surface area contributed by atoms with Gasteiger partial charge in [0.15, 0.2) is 0 Å². The molecule has 1 heterocycles. The van der Waals surface area contributed by atoms with Gasteiger partial charge in [0.2, 0.25) is 11.8 Å². The van der Waals surface area contributed by atoms with Gasteiger partial charge in [0.05, 0.1) is 13.1 Å². The van der Waals surface area contributed by atoms with Crippen LogP contribution in [0.15, 0.2) is 10.5 Å². The van der Waals surface area contributed by atoms with E-state index in [0.717, 1.165) is 0 Å². The van der Waals surface area contributed by atoms with Crippen LogP contribution in [0.3, 0.4) is 0 Å². The molecule has 0 aliphatic carbocycles. The molecule has 2 amide bonds. The van der Waals surface area contributed by atoms with Crippen LogP contribution in [0.1, 0.15) is 28.8 Å². The molecule has 0 radical (unpaired) electrons. The number of carboxylic acid groups (broad SMARTS) is 1. The third-order valence-electron chi connectivity index (χ3n) is 2.58. The molecule has 0 aromatic carbocycles. The molecule has 0 unspecified atom stereocenters. The topological polar surface area (TPSA) is 99.9 Å². The van der Waals surface area contributed by atoms with E-state index in [9.17, 15) is 14.4 Å². The highest BCUT2D eigenvalue weighted by atomic mass is 16.4. The first-order chi connectivity index (χ1) is 8.81. The molecule has 7 nitrogen and oxygen atoms in total. The maximum Gasteiger partial charge on any atom is 0.339 e. The van der Waals surface area contributed by atoms with Gasteiger partial charge in [-0.25, -0.2) is 4.79 Å². The van der Waals surface area contributed by atoms with Crippen molar-refractivity contribution in [3.63, 3.8) is 0 Å². The van der Waals surface area contributed by atoms with Crippen molar-refractivity contribution in [1.82, 2.24) is 10.2 Å². The van der Waals surface area contributed by atoms with Crippen molar-refractivity contribution >= 4 is 17.8 Å². The van der Waals surface area contributed by atoms with Crippen LogP contribution >= 0.6 is 0 Å². The van der Waals surface area contributed by atoms with E-state index in [1.807, 2.05) is 0 Å². The number of carbonyl (C=O) groups excluding carboxylic acids is 2. The van der Waals surface area contributed by atoms with Crippen LogP contribution in [0, 0.1) is 6.92 Å². The van der Waals surface area contributed by atoms with Crippen LogP contribution in [-0.4, -0.2) is 41.4 Å². The highest BCUT2D eigenvalue weighted by Gasteiger charge is 2.14. The molecular formula is C12H16N2O5. The normalized spacial score (nSPS) is 10.1. The summed E-state index contributed by atoms with van der Waals surface area (Å²) in [5.74, 6) is -0.984. The van der Waals surface area contributed by atoms with Crippen molar-refractivity contribution in [1.29, 1.82) is 0 Å². The molecule has 2 N–H and O–H groups in total. The summed E-state index contributed by atoms with van der Waals surface area (Å²) < 4.78 is 5.20. The van der Waals surface area contributed by atoms with E-state index < -0.39 is 5.97 Å². The lowest BCUT2D eigenvalue weighted by atomic mass is 10.2. The maximum atomic E-state index is 11.5. The standard InChI is InChI=1S/C12H16N2O5/c1-7-10(12(17)18)4-9(19-7)5-13-11(16)6-14(3)8(2)15/h4H,5-6H2,1-3H3,(H,13,16)(H,17,18). The molecule has 0 aliphatic heterocycles. The lowest BCUT2D eigenvalue weighted by Gasteiger charge is -2.13. The molecule has 7 heteroatoms. The number of furan rings is 1. The molecule has 0 fully saturated rings. The Morgan fingerprint density at radius 2 is 2.05 bits per heavy atom. The fourth-order valence-electron chi connectivity index (χ4n) is 1.41. The monoisotopic (exact) mass is 268 g/mol. The molecule has 1 aromatic heterocycles. The van der Waals surface area contributed by atoms with Crippen LogP contribution in [0.4, 0.5) is 0 Å². The number of aromatic carboxylic acids is 1. The Labute approximate surface area is 110 Å². The molecule has 0 atom stereocenters. The minimum atomic E-state index is -1.07. The van der Waals surface area contributed by atoms with Gasteiger partial charge < -0.3 is 19.7 Å². The summed E-state index contributed by atoms with van der Waals surface area (Å²) in [6.07, 6.45) is 0. The zero-order valence-corrected chi connectivity index (χ0v) is 11.0. The van der Waals surface area contributed by atoms with Crippen molar-refractivity contribution in [2.24, 2.45) is 0 Å². The second-order valence-corrected chi connectivity index (χ2v) is 4.14. The molecule has 0 saturated heterocycles. The number of likely N-dealkylation sites (N-methyl/N-ethyl adjacent to an activating group) is 1. The molecule has 0 bridgehead atoms. The SMILES string of the molecule is CC(=O)N(C)CC(=O)NCc1cc(C(=O)O)c(C)o1. The first-order valence-electron chi connectivity index (χ1n) is 5.62.